The van der Waals surface area contributed by atoms with E-state index in [1.807, 2.05) is 12.1 Å². The molecule has 2 aromatic heterocycles. The maximum absolute atomic E-state index is 6.03. The van der Waals surface area contributed by atoms with Gasteiger partial charge in [-0.25, -0.2) is 9.97 Å². The zero-order valence-corrected chi connectivity index (χ0v) is 12.8. The van der Waals surface area contributed by atoms with E-state index in [9.17, 15) is 0 Å². The maximum Gasteiger partial charge on any atom is 0.207 e. The Morgan fingerprint density at radius 2 is 2.15 bits per heavy atom. The van der Waals surface area contributed by atoms with E-state index in [1.165, 1.54) is 0 Å². The SMILES string of the molecule is COc1cc(-n2c(N)nc3cc(Br)cnc32)ccc1Cl. The van der Waals surface area contributed by atoms with E-state index in [-0.39, 0.29) is 0 Å². The van der Waals surface area contributed by atoms with Crippen LogP contribution in [-0.4, -0.2) is 21.6 Å². The number of ether oxygens (including phenoxy) is 1. The number of pyridine rings is 1. The second-order valence-electron chi connectivity index (χ2n) is 4.12. The monoisotopic (exact) mass is 352 g/mol. The normalized spacial score (nSPS) is 10.9. The molecule has 0 saturated carbocycles. The summed E-state index contributed by atoms with van der Waals surface area (Å²) < 4.78 is 7.82. The van der Waals surface area contributed by atoms with Gasteiger partial charge < -0.3 is 10.5 Å². The Bertz CT molecular complexity index is 802. The standard InChI is InChI=1S/C13H10BrClN4O/c1-20-11-5-8(2-3-9(11)15)19-12-10(18-13(19)16)4-7(14)6-17-12/h2-6H,1H3,(H2,16,18). The smallest absolute Gasteiger partial charge is 0.207 e. The summed E-state index contributed by atoms with van der Waals surface area (Å²) in [5.41, 5.74) is 8.17. The van der Waals surface area contributed by atoms with E-state index < -0.39 is 0 Å². The van der Waals surface area contributed by atoms with Crippen LogP contribution in [0, 0.1) is 0 Å². The van der Waals surface area contributed by atoms with Gasteiger partial charge in [0.1, 0.15) is 11.3 Å². The first kappa shape index (κ1) is 13.2. The number of rotatable bonds is 2. The summed E-state index contributed by atoms with van der Waals surface area (Å²) in [6.07, 6.45) is 1.70. The van der Waals surface area contributed by atoms with Crippen molar-refractivity contribution in [3.63, 3.8) is 0 Å². The van der Waals surface area contributed by atoms with Crippen LogP contribution < -0.4 is 10.5 Å². The van der Waals surface area contributed by atoms with Gasteiger partial charge in [-0.3, -0.25) is 4.57 Å². The van der Waals surface area contributed by atoms with Crippen LogP contribution in [-0.2, 0) is 0 Å². The van der Waals surface area contributed by atoms with Gasteiger partial charge in [0.2, 0.25) is 5.95 Å². The number of imidazole rings is 1. The van der Waals surface area contributed by atoms with Crippen molar-refractivity contribution in [3.8, 4) is 11.4 Å². The van der Waals surface area contributed by atoms with Crippen molar-refractivity contribution >= 4 is 44.6 Å². The maximum atomic E-state index is 6.03. The first-order chi connectivity index (χ1) is 9.60. The number of nitrogens with two attached hydrogens (primary N) is 1. The molecule has 0 unspecified atom stereocenters. The van der Waals surface area contributed by atoms with Crippen LogP contribution in [0.4, 0.5) is 5.95 Å². The Morgan fingerprint density at radius 1 is 1.35 bits per heavy atom. The highest BCUT2D eigenvalue weighted by Gasteiger charge is 2.13. The van der Waals surface area contributed by atoms with Crippen molar-refractivity contribution in [2.45, 2.75) is 0 Å². The van der Waals surface area contributed by atoms with Crippen LogP contribution in [0.5, 0.6) is 5.75 Å². The van der Waals surface area contributed by atoms with Gasteiger partial charge in [-0.15, -0.1) is 0 Å². The quantitative estimate of drug-likeness (QED) is 0.766. The van der Waals surface area contributed by atoms with Gasteiger partial charge in [0.15, 0.2) is 5.65 Å². The fraction of sp³-hybridized carbons (Fsp3) is 0.0769. The predicted octanol–water partition coefficient (Wildman–Crippen LogP) is 3.43. The number of anilines is 1. The molecule has 0 bridgehead atoms. The number of nitrogens with zero attached hydrogens (tertiary/aromatic N) is 3. The number of halogens is 2. The molecule has 0 atom stereocenters. The Morgan fingerprint density at radius 3 is 2.90 bits per heavy atom. The Labute approximate surface area is 128 Å². The average molecular weight is 354 g/mol. The van der Waals surface area contributed by atoms with Crippen LogP contribution in [0.25, 0.3) is 16.9 Å². The molecule has 20 heavy (non-hydrogen) atoms. The molecule has 0 aliphatic rings. The third-order valence-electron chi connectivity index (χ3n) is 2.88. The molecule has 0 radical (unpaired) electrons. The van der Waals surface area contributed by atoms with Gasteiger partial charge >= 0.3 is 0 Å². The second-order valence-corrected chi connectivity index (χ2v) is 5.44. The van der Waals surface area contributed by atoms with Crippen molar-refractivity contribution in [3.05, 3.63) is 40.0 Å². The van der Waals surface area contributed by atoms with Crippen LogP contribution in [0.15, 0.2) is 34.9 Å². The molecule has 1 aromatic carbocycles. The van der Waals surface area contributed by atoms with Gasteiger partial charge in [0.25, 0.3) is 0 Å². The molecule has 7 heteroatoms. The third-order valence-corrected chi connectivity index (χ3v) is 3.63. The number of fused-ring (bicyclic) bond motifs is 1. The van der Waals surface area contributed by atoms with Gasteiger partial charge in [-0.1, -0.05) is 11.6 Å². The zero-order valence-electron chi connectivity index (χ0n) is 10.5. The van der Waals surface area contributed by atoms with Crippen molar-refractivity contribution in [2.24, 2.45) is 0 Å². The summed E-state index contributed by atoms with van der Waals surface area (Å²) in [5.74, 6) is 0.928. The Hall–Kier alpha value is -1.79. The highest BCUT2D eigenvalue weighted by Crippen LogP contribution is 2.30. The lowest BCUT2D eigenvalue weighted by molar-refractivity contribution is 0.415. The lowest BCUT2D eigenvalue weighted by Gasteiger charge is -2.09. The minimum absolute atomic E-state index is 0.356. The molecular weight excluding hydrogens is 344 g/mol. The summed E-state index contributed by atoms with van der Waals surface area (Å²) in [6.45, 7) is 0. The minimum Gasteiger partial charge on any atom is -0.495 e. The van der Waals surface area contributed by atoms with Gasteiger partial charge in [-0.05, 0) is 34.1 Å². The van der Waals surface area contributed by atoms with E-state index >= 15 is 0 Å². The van der Waals surface area contributed by atoms with E-state index in [1.54, 1.807) is 30.0 Å². The van der Waals surface area contributed by atoms with E-state index in [4.69, 9.17) is 22.1 Å². The first-order valence-electron chi connectivity index (χ1n) is 5.73. The molecule has 2 heterocycles. The molecule has 0 saturated heterocycles. The molecule has 0 amide bonds. The van der Waals surface area contributed by atoms with E-state index in [2.05, 4.69) is 25.9 Å². The predicted molar refractivity (Wildman–Crippen MR) is 82.5 cm³/mol. The van der Waals surface area contributed by atoms with Crippen LogP contribution >= 0.6 is 27.5 Å². The largest absolute Gasteiger partial charge is 0.495 e. The van der Waals surface area contributed by atoms with Crippen molar-refractivity contribution in [1.29, 1.82) is 0 Å². The summed E-state index contributed by atoms with van der Waals surface area (Å²) >= 11 is 9.40. The number of benzene rings is 1. The minimum atomic E-state index is 0.356. The third kappa shape index (κ3) is 2.10. The fourth-order valence-corrected chi connectivity index (χ4v) is 2.51. The molecule has 5 nitrogen and oxygen atoms in total. The summed E-state index contributed by atoms with van der Waals surface area (Å²) in [6, 6.07) is 7.25. The molecule has 0 aliphatic heterocycles. The molecule has 102 valence electrons. The van der Waals surface area contributed by atoms with Crippen LogP contribution in [0.1, 0.15) is 0 Å². The van der Waals surface area contributed by atoms with E-state index in [0.717, 1.165) is 10.2 Å². The van der Waals surface area contributed by atoms with Gasteiger partial charge in [0.05, 0.1) is 17.8 Å². The summed E-state index contributed by atoms with van der Waals surface area (Å²) in [7, 11) is 1.57. The second kappa shape index (κ2) is 4.96. The molecule has 0 spiro atoms. The van der Waals surface area contributed by atoms with Crippen LogP contribution in [0.2, 0.25) is 5.02 Å². The lowest BCUT2D eigenvalue weighted by atomic mass is 10.3. The number of nitrogen functional groups attached to an aromatic ring is 1. The average Bonchev–Trinajstić information content (AvgIpc) is 2.74. The fourth-order valence-electron chi connectivity index (χ4n) is 2.00. The number of methoxy groups -OCH3 is 1. The number of aromatic nitrogens is 3. The zero-order chi connectivity index (χ0) is 14.3. The molecule has 0 fully saturated rings. The Balaban J connectivity index is 2.26. The van der Waals surface area contributed by atoms with E-state index in [0.29, 0.717) is 27.9 Å². The molecule has 2 N–H and O–H groups in total. The molecule has 3 aromatic rings. The van der Waals surface area contributed by atoms with Crippen molar-refractivity contribution in [1.82, 2.24) is 14.5 Å². The Kier molecular flexibility index (Phi) is 3.27. The number of hydrogen-bond acceptors (Lipinski definition) is 4. The molecular formula is C13H10BrClN4O. The van der Waals surface area contributed by atoms with Gasteiger partial charge in [0, 0.05) is 16.7 Å². The van der Waals surface area contributed by atoms with Crippen molar-refractivity contribution in [2.75, 3.05) is 12.8 Å². The molecule has 0 aliphatic carbocycles. The van der Waals surface area contributed by atoms with Crippen molar-refractivity contribution < 1.29 is 4.74 Å². The summed E-state index contributed by atoms with van der Waals surface area (Å²) in [4.78, 5) is 8.66. The topological polar surface area (TPSA) is 66.0 Å². The number of hydrogen-bond donors (Lipinski definition) is 1. The highest BCUT2D eigenvalue weighted by molar-refractivity contribution is 9.10. The molecule has 3 rings (SSSR count). The summed E-state index contributed by atoms with van der Waals surface area (Å²) in [5, 5.41) is 0.537. The lowest BCUT2D eigenvalue weighted by Crippen LogP contribution is -2.01. The highest BCUT2D eigenvalue weighted by atomic mass is 79.9. The van der Waals surface area contributed by atoms with Crippen LogP contribution in [0.3, 0.4) is 0 Å². The van der Waals surface area contributed by atoms with Gasteiger partial charge in [-0.2, -0.15) is 0 Å². The first-order valence-corrected chi connectivity index (χ1v) is 6.90.